The molecule has 2 aromatic rings. The van der Waals surface area contributed by atoms with E-state index in [4.69, 9.17) is 0 Å². The summed E-state index contributed by atoms with van der Waals surface area (Å²) in [5, 5.41) is 4.05. The fourth-order valence-corrected chi connectivity index (χ4v) is 5.28. The molecule has 0 N–H and O–H groups in total. The molecule has 2 aliphatic rings. The van der Waals surface area contributed by atoms with Crippen LogP contribution in [0.25, 0.3) is 0 Å². The Kier molecular flexibility index (Phi) is 7.04. The highest BCUT2D eigenvalue weighted by Gasteiger charge is 2.44. The van der Waals surface area contributed by atoms with Gasteiger partial charge in [0, 0.05) is 39.6 Å². The van der Waals surface area contributed by atoms with Crippen molar-refractivity contribution in [2.24, 2.45) is 11.8 Å². The summed E-state index contributed by atoms with van der Waals surface area (Å²) in [5.74, 6) is 0.0372. The molecule has 1 aliphatic carbocycles. The van der Waals surface area contributed by atoms with E-state index in [2.05, 4.69) is 5.10 Å². The summed E-state index contributed by atoms with van der Waals surface area (Å²) in [7, 11) is 3.19. The third-order valence-electron chi connectivity index (χ3n) is 7.40. The van der Waals surface area contributed by atoms with E-state index < -0.39 is 29.0 Å². The van der Waals surface area contributed by atoms with Gasteiger partial charge in [-0.25, -0.2) is 4.79 Å². The highest BCUT2D eigenvalue weighted by Crippen LogP contribution is 2.42. The third kappa shape index (κ3) is 5.60. The maximum absolute atomic E-state index is 13.5. The van der Waals surface area contributed by atoms with Crippen LogP contribution in [0, 0.1) is 11.8 Å². The molecule has 0 radical (unpaired) electrons. The highest BCUT2D eigenvalue weighted by atomic mass is 19.4. The summed E-state index contributed by atoms with van der Waals surface area (Å²) in [6.45, 7) is 2.02. The normalized spacial score (nSPS) is 22.0. The zero-order valence-corrected chi connectivity index (χ0v) is 20.5. The first-order valence-electron chi connectivity index (χ1n) is 11.7. The molecule has 1 aromatic heterocycles. The van der Waals surface area contributed by atoms with Crippen molar-refractivity contribution in [1.82, 2.24) is 19.6 Å². The van der Waals surface area contributed by atoms with Crippen LogP contribution in [-0.2, 0) is 23.7 Å². The van der Waals surface area contributed by atoms with E-state index in [0.717, 1.165) is 0 Å². The Labute approximate surface area is 209 Å². The van der Waals surface area contributed by atoms with Gasteiger partial charge in [-0.05, 0) is 55.5 Å². The average molecular weight is 532 g/mol. The number of carbonyl (C=O) groups excluding carboxylic acids is 2. The van der Waals surface area contributed by atoms with Crippen LogP contribution in [0.5, 0.6) is 0 Å². The summed E-state index contributed by atoms with van der Waals surface area (Å²) >= 11 is 0. The number of alkyl halides is 6. The first kappa shape index (κ1) is 27.0. The smallest absolute Gasteiger partial charge is 0.322 e. The molecule has 0 bridgehead atoms. The molecule has 4 rings (SSSR count). The quantitative estimate of drug-likeness (QED) is 0.536. The van der Waals surface area contributed by atoms with E-state index in [1.807, 2.05) is 0 Å². The number of halogens is 6. The van der Waals surface area contributed by atoms with Gasteiger partial charge in [-0.3, -0.25) is 9.69 Å². The van der Waals surface area contributed by atoms with Crippen molar-refractivity contribution in [2.45, 2.75) is 44.7 Å². The van der Waals surface area contributed by atoms with Crippen molar-refractivity contribution >= 4 is 17.6 Å². The molecule has 2 fully saturated rings. The van der Waals surface area contributed by atoms with Crippen molar-refractivity contribution in [1.29, 1.82) is 0 Å². The first-order chi connectivity index (χ1) is 17.1. The van der Waals surface area contributed by atoms with Gasteiger partial charge in [-0.1, -0.05) is 0 Å². The van der Waals surface area contributed by atoms with E-state index in [1.54, 1.807) is 23.9 Å². The third-order valence-corrected chi connectivity index (χ3v) is 7.40. The summed E-state index contributed by atoms with van der Waals surface area (Å²) in [6, 6.07) is 1.08. The number of amides is 2. The largest absolute Gasteiger partial charge is 0.416 e. The second kappa shape index (κ2) is 9.66. The van der Waals surface area contributed by atoms with E-state index in [9.17, 15) is 35.9 Å². The number of anilines is 1. The molecule has 13 heteroatoms. The molecular formula is C24H27F6N5O2. The standard InChI is InChI=1S/C24H27F6N5O2/c1-14(36)33(3)20-9-31-35(13-20)22(37)34-11-15-7-19(8-16(15)12-34)32(2)10-17-6-18(23(25,26)27)4-5-21(17)24(28,29)30/h4-6,9,13,15-16,19H,7-8,10-12H2,1-3H3/t15-,16+,19-. The Morgan fingerprint density at radius 3 is 2.19 bits per heavy atom. The molecule has 2 heterocycles. The van der Waals surface area contributed by atoms with Crippen molar-refractivity contribution in [3.8, 4) is 0 Å². The Morgan fingerprint density at radius 1 is 1.03 bits per heavy atom. The highest BCUT2D eigenvalue weighted by molar-refractivity contribution is 5.91. The van der Waals surface area contributed by atoms with Crippen LogP contribution >= 0.6 is 0 Å². The summed E-state index contributed by atoms with van der Waals surface area (Å²) in [5.41, 5.74) is -2.12. The molecule has 1 saturated carbocycles. The number of aromatic nitrogens is 2. The van der Waals surface area contributed by atoms with Crippen molar-refractivity contribution in [2.75, 3.05) is 32.1 Å². The number of rotatable bonds is 4. The van der Waals surface area contributed by atoms with E-state index in [0.29, 0.717) is 49.8 Å². The Hall–Kier alpha value is -3.09. The molecular weight excluding hydrogens is 504 g/mol. The van der Waals surface area contributed by atoms with Crippen LogP contribution < -0.4 is 4.90 Å². The van der Waals surface area contributed by atoms with Gasteiger partial charge in [0.25, 0.3) is 0 Å². The lowest BCUT2D eigenvalue weighted by molar-refractivity contribution is -0.142. The summed E-state index contributed by atoms with van der Waals surface area (Å²) < 4.78 is 81.0. The van der Waals surface area contributed by atoms with Crippen LogP contribution in [0.15, 0.2) is 30.6 Å². The molecule has 7 nitrogen and oxygen atoms in total. The van der Waals surface area contributed by atoms with Crippen LogP contribution in [0.3, 0.4) is 0 Å². The number of nitrogens with zero attached hydrogens (tertiary/aromatic N) is 5. The number of hydrogen-bond acceptors (Lipinski definition) is 4. The molecule has 202 valence electrons. The SMILES string of the molecule is CC(=O)N(C)c1cnn(C(=O)N2C[C@H]3C[C@@H](N(C)Cc4cc(C(F)(F)F)ccc4C(F)(F)F)C[C@H]3C2)c1. The van der Waals surface area contributed by atoms with Gasteiger partial charge in [0.15, 0.2) is 0 Å². The fraction of sp³-hybridized carbons (Fsp3) is 0.542. The minimum absolute atomic E-state index is 0.120. The van der Waals surface area contributed by atoms with Crippen LogP contribution in [-0.4, -0.2) is 64.7 Å². The maximum Gasteiger partial charge on any atom is 0.416 e. The Morgan fingerprint density at radius 2 is 1.65 bits per heavy atom. The van der Waals surface area contributed by atoms with E-state index >= 15 is 0 Å². The van der Waals surface area contributed by atoms with E-state index in [1.165, 1.54) is 28.9 Å². The van der Waals surface area contributed by atoms with Crippen molar-refractivity contribution in [3.63, 3.8) is 0 Å². The number of likely N-dealkylation sites (tertiary alicyclic amines) is 1. The van der Waals surface area contributed by atoms with Crippen molar-refractivity contribution in [3.05, 3.63) is 47.3 Å². The second-order valence-electron chi connectivity index (χ2n) is 9.84. The molecule has 1 saturated heterocycles. The van der Waals surface area contributed by atoms with Crippen LogP contribution in [0.4, 0.5) is 36.8 Å². The number of benzene rings is 1. The minimum atomic E-state index is -4.76. The molecule has 37 heavy (non-hydrogen) atoms. The zero-order valence-electron chi connectivity index (χ0n) is 20.5. The lowest BCUT2D eigenvalue weighted by atomic mass is 10.0. The monoisotopic (exact) mass is 531 g/mol. The molecule has 1 aromatic carbocycles. The Bertz CT molecular complexity index is 1160. The lowest BCUT2D eigenvalue weighted by Crippen LogP contribution is -2.36. The van der Waals surface area contributed by atoms with Crippen LogP contribution in [0.2, 0.25) is 0 Å². The van der Waals surface area contributed by atoms with Gasteiger partial charge < -0.3 is 9.80 Å². The topological polar surface area (TPSA) is 61.7 Å². The van der Waals surface area contributed by atoms with Gasteiger partial charge in [0.2, 0.25) is 5.91 Å². The van der Waals surface area contributed by atoms with Crippen LogP contribution in [0.1, 0.15) is 36.5 Å². The molecule has 3 atom stereocenters. The van der Waals surface area contributed by atoms with Gasteiger partial charge >= 0.3 is 18.4 Å². The van der Waals surface area contributed by atoms with Gasteiger partial charge in [-0.2, -0.15) is 36.1 Å². The minimum Gasteiger partial charge on any atom is -0.322 e. The Balaban J connectivity index is 1.40. The lowest BCUT2D eigenvalue weighted by Gasteiger charge is -2.28. The predicted molar refractivity (Wildman–Crippen MR) is 122 cm³/mol. The summed E-state index contributed by atoms with van der Waals surface area (Å²) in [4.78, 5) is 29.1. The number of hydrogen-bond donors (Lipinski definition) is 0. The molecule has 0 unspecified atom stereocenters. The number of fused-ring (bicyclic) bond motifs is 1. The van der Waals surface area contributed by atoms with Crippen molar-refractivity contribution < 1.29 is 35.9 Å². The second-order valence-corrected chi connectivity index (χ2v) is 9.84. The average Bonchev–Trinajstić information content (AvgIpc) is 3.51. The number of carbonyl (C=O) groups is 2. The van der Waals surface area contributed by atoms with Gasteiger partial charge in [0.05, 0.1) is 29.2 Å². The molecule has 1 aliphatic heterocycles. The molecule has 2 amide bonds. The maximum atomic E-state index is 13.5. The van der Waals surface area contributed by atoms with Gasteiger partial charge in [0.1, 0.15) is 0 Å². The summed E-state index contributed by atoms with van der Waals surface area (Å²) in [6.07, 6.45) is -5.38. The fourth-order valence-electron chi connectivity index (χ4n) is 5.28. The predicted octanol–water partition coefficient (Wildman–Crippen LogP) is 4.71. The molecule has 0 spiro atoms. The van der Waals surface area contributed by atoms with Gasteiger partial charge in [-0.15, -0.1) is 0 Å². The first-order valence-corrected chi connectivity index (χ1v) is 11.7. The zero-order chi connectivity index (χ0) is 27.3. The van der Waals surface area contributed by atoms with E-state index in [-0.39, 0.29) is 36.4 Å².